The summed E-state index contributed by atoms with van der Waals surface area (Å²) in [6.45, 7) is 7.61. The Morgan fingerprint density at radius 2 is 1.32 bits per heavy atom. The average molecular weight is 430 g/mol. The maximum absolute atomic E-state index is 11.0. The summed E-state index contributed by atoms with van der Waals surface area (Å²) in [6, 6.07) is 16.3. The number of nitrogens with zero attached hydrogens (tertiary/aromatic N) is 3. The van der Waals surface area contributed by atoms with Crippen molar-refractivity contribution in [1.82, 2.24) is 9.80 Å². The van der Waals surface area contributed by atoms with Gasteiger partial charge in [-0.1, -0.05) is 56.0 Å². The Balaban J connectivity index is 0.000000303. The standard InChI is InChI=1S/C12H16N2O2.C12H18N2.CH4.H2/c1-9-5-3-4-6-10(9)11-7-13(2)8-12(11)14(15)16;1-9-5-3-4-6-10(9)11-7-14(2)8-12(11)13;;/h3-6,11-12H,7-8H2,1-2H3;3-6,11-12H,7-8,13H2,1-2H3;1H4;1H/t2*11-,12+;;/m11../s1/i;;;1+1. The van der Waals surface area contributed by atoms with E-state index in [-0.39, 0.29) is 19.7 Å². The molecule has 2 saturated heterocycles. The highest BCUT2D eigenvalue weighted by molar-refractivity contribution is 5.32. The first-order valence-corrected chi connectivity index (χ1v) is 10.6. The number of hydrogen-bond donors (Lipinski definition) is 1. The van der Waals surface area contributed by atoms with E-state index < -0.39 is 6.04 Å². The monoisotopic (exact) mass is 429 g/mol. The summed E-state index contributed by atoms with van der Waals surface area (Å²) in [5, 5.41) is 11.0. The summed E-state index contributed by atoms with van der Waals surface area (Å²) in [5.41, 5.74) is 11.2. The highest BCUT2D eigenvalue weighted by atomic mass is 16.6. The summed E-state index contributed by atoms with van der Waals surface area (Å²) < 4.78 is 0. The van der Waals surface area contributed by atoms with E-state index in [0.29, 0.717) is 18.5 Å². The van der Waals surface area contributed by atoms with Crippen LogP contribution in [0.3, 0.4) is 0 Å². The topological polar surface area (TPSA) is 75.6 Å². The van der Waals surface area contributed by atoms with E-state index in [1.807, 2.05) is 43.1 Å². The molecule has 6 heteroatoms. The second-order valence-corrected chi connectivity index (χ2v) is 8.89. The van der Waals surface area contributed by atoms with Gasteiger partial charge in [-0.15, -0.1) is 0 Å². The minimum absolute atomic E-state index is 0. The van der Waals surface area contributed by atoms with Gasteiger partial charge in [0.05, 0.1) is 12.5 Å². The largest absolute Gasteiger partial charge is 0.326 e. The first kappa shape index (κ1) is 25.0. The molecule has 0 aliphatic carbocycles. The van der Waals surface area contributed by atoms with Crippen molar-refractivity contribution in [1.29, 1.82) is 0 Å². The van der Waals surface area contributed by atoms with E-state index in [9.17, 15) is 10.1 Å². The van der Waals surface area contributed by atoms with Gasteiger partial charge in [0.25, 0.3) is 0 Å². The van der Waals surface area contributed by atoms with Gasteiger partial charge in [0, 0.05) is 37.9 Å². The van der Waals surface area contributed by atoms with Gasteiger partial charge in [-0.3, -0.25) is 15.0 Å². The number of aryl methyl sites for hydroxylation is 2. The van der Waals surface area contributed by atoms with Crippen molar-refractivity contribution in [2.45, 2.75) is 45.2 Å². The molecule has 0 radical (unpaired) electrons. The van der Waals surface area contributed by atoms with Crippen molar-refractivity contribution in [2.24, 2.45) is 5.73 Å². The highest BCUT2D eigenvalue weighted by Gasteiger charge is 2.40. The molecule has 6 nitrogen and oxygen atoms in total. The molecular formula is C25H40N4O2. The molecule has 0 bridgehead atoms. The van der Waals surface area contributed by atoms with Gasteiger partial charge in [0.1, 0.15) is 0 Å². The van der Waals surface area contributed by atoms with Crippen LogP contribution in [0.25, 0.3) is 0 Å². The minimum atomic E-state index is -0.467. The quantitative estimate of drug-likeness (QED) is 0.591. The molecule has 0 amide bonds. The van der Waals surface area contributed by atoms with E-state index in [0.717, 1.165) is 30.8 Å². The number of benzene rings is 2. The molecule has 0 unspecified atom stereocenters. The Labute approximate surface area is 188 Å². The maximum atomic E-state index is 11.0. The molecule has 2 N–H and O–H groups in total. The zero-order valence-electron chi connectivity index (χ0n) is 18.5. The predicted molar refractivity (Wildman–Crippen MR) is 130 cm³/mol. The summed E-state index contributed by atoms with van der Waals surface area (Å²) in [5.74, 6) is 0.544. The lowest BCUT2D eigenvalue weighted by Crippen LogP contribution is -2.28. The zero-order valence-corrected chi connectivity index (χ0v) is 18.5. The smallest absolute Gasteiger partial charge is 0.233 e. The Bertz CT molecular complexity index is 879. The molecule has 2 aliphatic heterocycles. The van der Waals surface area contributed by atoms with Gasteiger partial charge in [0.2, 0.25) is 6.04 Å². The molecule has 0 spiro atoms. The van der Waals surface area contributed by atoms with Gasteiger partial charge in [-0.25, -0.2) is 0 Å². The second-order valence-electron chi connectivity index (χ2n) is 8.89. The van der Waals surface area contributed by atoms with Crippen LogP contribution < -0.4 is 5.73 Å². The van der Waals surface area contributed by atoms with Crippen molar-refractivity contribution >= 4 is 0 Å². The fraction of sp³-hybridized carbons (Fsp3) is 0.520. The average Bonchev–Trinajstić information content (AvgIpc) is 3.25. The predicted octanol–water partition coefficient (Wildman–Crippen LogP) is 3.90. The number of nitrogens with two attached hydrogens (primary N) is 1. The Hall–Kier alpha value is -2.28. The van der Waals surface area contributed by atoms with Crippen LogP contribution in [0.5, 0.6) is 0 Å². The van der Waals surface area contributed by atoms with Crippen molar-refractivity contribution < 1.29 is 6.35 Å². The lowest BCUT2D eigenvalue weighted by molar-refractivity contribution is -0.521. The molecule has 4 rings (SSSR count). The second kappa shape index (κ2) is 10.8. The molecule has 2 aromatic rings. The molecule has 2 fully saturated rings. The van der Waals surface area contributed by atoms with Crippen LogP contribution in [0.4, 0.5) is 0 Å². The third-order valence-corrected chi connectivity index (χ3v) is 6.47. The molecule has 2 aromatic carbocycles. The van der Waals surface area contributed by atoms with Crippen LogP contribution in [0.15, 0.2) is 48.5 Å². The van der Waals surface area contributed by atoms with Crippen LogP contribution in [0.2, 0.25) is 0 Å². The lowest BCUT2D eigenvalue weighted by atomic mass is 9.91. The normalized spacial score (nSPS) is 26.1. The van der Waals surface area contributed by atoms with Gasteiger partial charge in [-0.2, -0.15) is 0 Å². The summed E-state index contributed by atoms with van der Waals surface area (Å²) in [6.07, 6.45) is 0. The molecule has 4 atom stereocenters. The number of likely N-dealkylation sites (tertiary alicyclic amines) is 2. The molecule has 31 heavy (non-hydrogen) atoms. The minimum Gasteiger partial charge on any atom is -0.326 e. The highest BCUT2D eigenvalue weighted by Crippen LogP contribution is 2.30. The molecule has 2 aliphatic rings. The zero-order chi connectivity index (χ0) is 21.8. The van der Waals surface area contributed by atoms with Crippen LogP contribution >= 0.6 is 0 Å². The molecule has 0 aromatic heterocycles. The van der Waals surface area contributed by atoms with Crippen molar-refractivity contribution in [3.63, 3.8) is 0 Å². The van der Waals surface area contributed by atoms with E-state index >= 15 is 0 Å². The van der Waals surface area contributed by atoms with E-state index in [4.69, 9.17) is 5.73 Å². The van der Waals surface area contributed by atoms with Crippen LogP contribution in [0.1, 0.15) is 42.9 Å². The third-order valence-electron chi connectivity index (χ3n) is 6.47. The first-order chi connectivity index (χ1) is 14.3. The van der Waals surface area contributed by atoms with Gasteiger partial charge in [-0.05, 0) is 50.2 Å². The number of likely N-dealkylation sites (N-methyl/N-ethyl adjacent to an activating group) is 2. The lowest BCUT2D eigenvalue weighted by Gasteiger charge is -2.16. The number of hydrogen-bond acceptors (Lipinski definition) is 5. The van der Waals surface area contributed by atoms with Crippen LogP contribution in [-0.2, 0) is 0 Å². The summed E-state index contributed by atoms with van der Waals surface area (Å²) in [4.78, 5) is 15.2. The van der Waals surface area contributed by atoms with Crippen molar-refractivity contribution in [3.05, 3.63) is 80.9 Å². The van der Waals surface area contributed by atoms with Gasteiger partial charge in [0.15, 0.2) is 0 Å². The fourth-order valence-corrected chi connectivity index (χ4v) is 4.87. The van der Waals surface area contributed by atoms with Crippen molar-refractivity contribution in [2.75, 3.05) is 40.3 Å². The van der Waals surface area contributed by atoms with Gasteiger partial charge < -0.3 is 10.6 Å². The Morgan fingerprint density at radius 3 is 1.77 bits per heavy atom. The maximum Gasteiger partial charge on any atom is 0.233 e. The van der Waals surface area contributed by atoms with E-state index in [1.165, 1.54) is 11.1 Å². The van der Waals surface area contributed by atoms with Crippen LogP contribution in [-0.4, -0.2) is 67.1 Å². The number of nitro groups is 1. The van der Waals surface area contributed by atoms with E-state index in [1.54, 1.807) is 0 Å². The molecule has 172 valence electrons. The Kier molecular flexibility index (Phi) is 8.74. The molecule has 0 saturated carbocycles. The molecule has 2 heterocycles. The molecular weight excluding hydrogens is 388 g/mol. The first-order valence-electron chi connectivity index (χ1n) is 10.6. The number of rotatable bonds is 3. The fourth-order valence-electron chi connectivity index (χ4n) is 4.87. The Morgan fingerprint density at radius 1 is 0.871 bits per heavy atom. The van der Waals surface area contributed by atoms with Crippen molar-refractivity contribution in [3.8, 4) is 0 Å². The van der Waals surface area contributed by atoms with Gasteiger partial charge >= 0.3 is 0 Å². The SMILES string of the molecule is C.Cc1ccccc1[C@H]1CN(C)C[C@@H]1N.Cc1ccccc1[C@H]1CN(C)C[C@@H]1[N+](=O)[O-].[2HH]. The van der Waals surface area contributed by atoms with E-state index in [2.05, 4.69) is 43.1 Å². The third kappa shape index (κ3) is 5.91. The summed E-state index contributed by atoms with van der Waals surface area (Å²) in [7, 11) is 4.08. The van der Waals surface area contributed by atoms with Crippen LogP contribution in [0, 0.1) is 24.0 Å². The summed E-state index contributed by atoms with van der Waals surface area (Å²) >= 11 is 0.